The highest BCUT2D eigenvalue weighted by atomic mass is 32.2. The minimum absolute atomic E-state index is 0.0131. The van der Waals surface area contributed by atoms with Gasteiger partial charge in [-0.05, 0) is 69.6 Å². The second kappa shape index (κ2) is 9.93. The molecule has 5 nitrogen and oxygen atoms in total. The fraction of sp³-hybridized carbons (Fsp3) is 0.571. The van der Waals surface area contributed by atoms with Crippen molar-refractivity contribution in [2.75, 3.05) is 23.7 Å². The number of sulfonamides is 1. The molecule has 0 aliphatic heterocycles. The predicted molar refractivity (Wildman–Crippen MR) is 112 cm³/mol. The molecule has 1 N–H and O–H groups in total. The molecule has 1 aromatic rings. The largest absolute Gasteiger partial charge is 0.356 e. The third-order valence-electron chi connectivity index (χ3n) is 4.95. The van der Waals surface area contributed by atoms with E-state index in [4.69, 9.17) is 0 Å². The van der Waals surface area contributed by atoms with Crippen molar-refractivity contribution in [3.8, 4) is 0 Å². The van der Waals surface area contributed by atoms with E-state index < -0.39 is 10.0 Å². The van der Waals surface area contributed by atoms with Crippen LogP contribution >= 0.6 is 0 Å². The summed E-state index contributed by atoms with van der Waals surface area (Å²) < 4.78 is 25.9. The van der Waals surface area contributed by atoms with E-state index in [0.717, 1.165) is 30.4 Å². The highest BCUT2D eigenvalue weighted by Crippen LogP contribution is 2.24. The van der Waals surface area contributed by atoms with Crippen molar-refractivity contribution in [1.82, 2.24) is 5.32 Å². The van der Waals surface area contributed by atoms with E-state index in [1.807, 2.05) is 32.0 Å². The molecule has 2 rings (SSSR count). The van der Waals surface area contributed by atoms with Crippen LogP contribution in [0.5, 0.6) is 0 Å². The molecule has 0 heterocycles. The standard InChI is InChI=1S/C21H32N2O3S/c1-17-11-12-18(2)20(16-17)23(27(3,25)26)15-7-10-21(24)22-14-13-19-8-5-4-6-9-19/h8,11-12,16H,4-7,9-10,13-15H2,1-3H3,(H,22,24). The van der Waals surface area contributed by atoms with E-state index in [-0.39, 0.29) is 5.91 Å². The summed E-state index contributed by atoms with van der Waals surface area (Å²) in [5, 5.41) is 2.95. The summed E-state index contributed by atoms with van der Waals surface area (Å²) in [6, 6.07) is 5.78. The zero-order valence-electron chi connectivity index (χ0n) is 16.8. The van der Waals surface area contributed by atoms with Crippen molar-refractivity contribution in [3.05, 3.63) is 41.0 Å². The molecule has 0 atom stereocenters. The molecule has 150 valence electrons. The number of amides is 1. The van der Waals surface area contributed by atoms with Crippen LogP contribution in [0.4, 0.5) is 5.69 Å². The Balaban J connectivity index is 1.84. The summed E-state index contributed by atoms with van der Waals surface area (Å²) in [5.41, 5.74) is 4.07. The SMILES string of the molecule is Cc1ccc(C)c(N(CCCC(=O)NCCC2=CCCCC2)S(C)(=O)=O)c1. The first-order chi connectivity index (χ1) is 12.8. The zero-order valence-corrected chi connectivity index (χ0v) is 17.6. The van der Waals surface area contributed by atoms with Crippen molar-refractivity contribution >= 4 is 21.6 Å². The summed E-state index contributed by atoms with van der Waals surface area (Å²) in [7, 11) is -3.39. The number of carbonyl (C=O) groups excluding carboxylic acids is 1. The average molecular weight is 393 g/mol. The average Bonchev–Trinajstić information content (AvgIpc) is 2.61. The van der Waals surface area contributed by atoms with Crippen molar-refractivity contribution in [1.29, 1.82) is 0 Å². The number of aryl methyl sites for hydroxylation is 2. The molecule has 0 unspecified atom stereocenters. The summed E-state index contributed by atoms with van der Waals surface area (Å²) in [6.07, 6.45) is 10.1. The lowest BCUT2D eigenvalue weighted by Gasteiger charge is -2.24. The topological polar surface area (TPSA) is 66.5 Å². The quantitative estimate of drug-likeness (QED) is 0.649. The molecule has 27 heavy (non-hydrogen) atoms. The van der Waals surface area contributed by atoms with Crippen molar-refractivity contribution in [2.24, 2.45) is 0 Å². The maximum absolute atomic E-state index is 12.2. The highest BCUT2D eigenvalue weighted by molar-refractivity contribution is 7.92. The minimum atomic E-state index is -3.39. The second-order valence-corrected chi connectivity index (χ2v) is 9.34. The lowest BCUT2D eigenvalue weighted by molar-refractivity contribution is -0.121. The van der Waals surface area contributed by atoms with Gasteiger partial charge in [0.1, 0.15) is 0 Å². The second-order valence-electron chi connectivity index (χ2n) is 7.44. The Kier molecular flexibility index (Phi) is 7.90. The Morgan fingerprint density at radius 2 is 2.00 bits per heavy atom. The van der Waals surface area contributed by atoms with Crippen LogP contribution in [0.2, 0.25) is 0 Å². The van der Waals surface area contributed by atoms with Gasteiger partial charge in [-0.25, -0.2) is 8.42 Å². The third kappa shape index (κ3) is 7.01. The Hall–Kier alpha value is -1.82. The maximum Gasteiger partial charge on any atom is 0.232 e. The molecule has 0 saturated heterocycles. The molecule has 1 aliphatic carbocycles. The molecule has 0 bridgehead atoms. The predicted octanol–water partition coefficient (Wildman–Crippen LogP) is 3.86. The Morgan fingerprint density at radius 1 is 1.22 bits per heavy atom. The number of carbonyl (C=O) groups is 1. The Morgan fingerprint density at radius 3 is 2.67 bits per heavy atom. The Labute approximate surface area is 163 Å². The van der Waals surface area contributed by atoms with Crippen LogP contribution in [-0.2, 0) is 14.8 Å². The number of anilines is 1. The van der Waals surface area contributed by atoms with Gasteiger partial charge in [0.05, 0.1) is 11.9 Å². The molecule has 0 saturated carbocycles. The monoisotopic (exact) mass is 392 g/mol. The van der Waals surface area contributed by atoms with Crippen LogP contribution < -0.4 is 9.62 Å². The first-order valence-corrected chi connectivity index (χ1v) is 11.6. The number of benzene rings is 1. The fourth-order valence-electron chi connectivity index (χ4n) is 3.42. The Bertz CT molecular complexity index is 785. The summed E-state index contributed by atoms with van der Waals surface area (Å²) in [6.45, 7) is 4.82. The van der Waals surface area contributed by atoms with Gasteiger partial charge >= 0.3 is 0 Å². The van der Waals surface area contributed by atoms with Gasteiger partial charge in [-0.2, -0.15) is 0 Å². The highest BCUT2D eigenvalue weighted by Gasteiger charge is 2.19. The van der Waals surface area contributed by atoms with Crippen LogP contribution in [-0.4, -0.2) is 33.7 Å². The van der Waals surface area contributed by atoms with Crippen molar-refractivity contribution in [3.63, 3.8) is 0 Å². The van der Waals surface area contributed by atoms with Crippen molar-refractivity contribution in [2.45, 2.75) is 58.8 Å². The van der Waals surface area contributed by atoms with E-state index in [1.165, 1.54) is 29.0 Å². The van der Waals surface area contributed by atoms with Crippen LogP contribution in [0.15, 0.2) is 29.8 Å². The molecule has 1 amide bonds. The molecular weight excluding hydrogens is 360 g/mol. The number of rotatable bonds is 9. The molecular formula is C21H32N2O3S. The van der Waals surface area contributed by atoms with E-state index in [9.17, 15) is 13.2 Å². The number of nitrogens with zero attached hydrogens (tertiary/aromatic N) is 1. The molecule has 0 radical (unpaired) electrons. The summed E-state index contributed by atoms with van der Waals surface area (Å²) in [5.74, 6) is -0.0131. The van der Waals surface area contributed by atoms with E-state index in [1.54, 1.807) is 0 Å². The van der Waals surface area contributed by atoms with Gasteiger partial charge in [-0.15, -0.1) is 0 Å². The zero-order chi connectivity index (χ0) is 19.9. The number of allylic oxidation sites excluding steroid dienone is 1. The number of nitrogens with one attached hydrogen (secondary N) is 1. The van der Waals surface area contributed by atoms with Crippen LogP contribution in [0.1, 0.15) is 56.1 Å². The van der Waals surface area contributed by atoms with E-state index in [2.05, 4.69) is 11.4 Å². The van der Waals surface area contributed by atoms with Crippen LogP contribution in [0.3, 0.4) is 0 Å². The van der Waals surface area contributed by atoms with Crippen molar-refractivity contribution < 1.29 is 13.2 Å². The third-order valence-corrected chi connectivity index (χ3v) is 6.13. The molecule has 1 aromatic carbocycles. The minimum Gasteiger partial charge on any atom is -0.356 e. The summed E-state index contributed by atoms with van der Waals surface area (Å²) >= 11 is 0. The smallest absolute Gasteiger partial charge is 0.232 e. The van der Waals surface area contributed by atoms with Gasteiger partial charge in [0.2, 0.25) is 15.9 Å². The number of hydrogen-bond acceptors (Lipinski definition) is 3. The van der Waals surface area contributed by atoms with Gasteiger partial charge in [0.25, 0.3) is 0 Å². The van der Waals surface area contributed by atoms with Gasteiger partial charge in [0.15, 0.2) is 0 Å². The first kappa shape index (κ1) is 21.5. The molecule has 6 heteroatoms. The van der Waals surface area contributed by atoms with Gasteiger partial charge in [-0.1, -0.05) is 23.8 Å². The normalized spacial score (nSPS) is 14.6. The molecule has 0 fully saturated rings. The lowest BCUT2D eigenvalue weighted by atomic mass is 9.97. The van der Waals surface area contributed by atoms with E-state index >= 15 is 0 Å². The molecule has 1 aliphatic rings. The van der Waals surface area contributed by atoms with Gasteiger partial charge in [-0.3, -0.25) is 9.10 Å². The number of hydrogen-bond donors (Lipinski definition) is 1. The first-order valence-electron chi connectivity index (χ1n) is 9.77. The fourth-order valence-corrected chi connectivity index (χ4v) is 4.43. The maximum atomic E-state index is 12.2. The van der Waals surface area contributed by atoms with Crippen LogP contribution in [0, 0.1) is 13.8 Å². The van der Waals surface area contributed by atoms with Gasteiger partial charge < -0.3 is 5.32 Å². The lowest BCUT2D eigenvalue weighted by Crippen LogP contribution is -2.33. The van der Waals surface area contributed by atoms with Gasteiger partial charge in [0, 0.05) is 19.5 Å². The van der Waals surface area contributed by atoms with E-state index in [0.29, 0.717) is 31.6 Å². The van der Waals surface area contributed by atoms with Crippen LogP contribution in [0.25, 0.3) is 0 Å². The molecule has 0 aromatic heterocycles. The molecule has 0 spiro atoms. The summed E-state index contributed by atoms with van der Waals surface area (Å²) in [4.78, 5) is 12.1.